The van der Waals surface area contributed by atoms with Gasteiger partial charge in [0.15, 0.2) is 5.96 Å². The number of guanidine groups is 1. The van der Waals surface area contributed by atoms with E-state index in [1.165, 1.54) is 24.3 Å². The highest BCUT2D eigenvalue weighted by atomic mass is 127. The second kappa shape index (κ2) is 14.3. The molecule has 1 rings (SSSR count). The molecule has 0 heterocycles. The van der Waals surface area contributed by atoms with E-state index in [0.717, 1.165) is 31.7 Å². The third-order valence-corrected chi connectivity index (χ3v) is 3.62. The molecule has 1 aromatic rings. The molecule has 0 aliphatic carbocycles. The molecule has 5 nitrogen and oxygen atoms in total. The van der Waals surface area contributed by atoms with Gasteiger partial charge < -0.3 is 16.0 Å². The van der Waals surface area contributed by atoms with Crippen LogP contribution in [0, 0.1) is 5.82 Å². The summed E-state index contributed by atoms with van der Waals surface area (Å²) in [4.78, 5) is 16.1. The number of amides is 1. The van der Waals surface area contributed by atoms with Crippen LogP contribution in [-0.2, 0) is 4.79 Å². The Morgan fingerprint density at radius 2 is 1.92 bits per heavy atom. The maximum absolute atomic E-state index is 12.8. The van der Waals surface area contributed by atoms with Gasteiger partial charge in [-0.2, -0.15) is 11.8 Å². The lowest BCUT2D eigenvalue weighted by Crippen LogP contribution is -2.38. The second-order valence-electron chi connectivity index (χ2n) is 4.88. The number of hydrogen-bond donors (Lipinski definition) is 3. The number of unbranched alkanes of at least 4 members (excludes halogenated alkanes) is 1. The van der Waals surface area contributed by atoms with Crippen LogP contribution in [0.25, 0.3) is 0 Å². The van der Waals surface area contributed by atoms with Crippen molar-refractivity contribution in [2.75, 3.05) is 37.0 Å². The van der Waals surface area contributed by atoms with Crippen molar-refractivity contribution in [3.05, 3.63) is 30.1 Å². The molecule has 1 amide bonds. The fraction of sp³-hybridized carbons (Fsp3) is 0.500. The summed E-state index contributed by atoms with van der Waals surface area (Å²) < 4.78 is 12.8. The first kappa shape index (κ1) is 23.0. The molecule has 0 bridgehead atoms. The number of rotatable bonds is 9. The lowest BCUT2D eigenvalue weighted by atomic mass is 10.3. The number of hydrogen-bond acceptors (Lipinski definition) is 3. The molecule has 3 N–H and O–H groups in total. The summed E-state index contributed by atoms with van der Waals surface area (Å²) >= 11 is 1.84. The van der Waals surface area contributed by atoms with E-state index in [4.69, 9.17) is 0 Å². The molecule has 136 valence electrons. The average molecular weight is 468 g/mol. The summed E-state index contributed by atoms with van der Waals surface area (Å²) in [5, 5.41) is 8.99. The first-order valence-electron chi connectivity index (χ1n) is 7.72. The Labute approximate surface area is 164 Å². The van der Waals surface area contributed by atoms with Crippen molar-refractivity contribution in [1.29, 1.82) is 0 Å². The molecule has 8 heteroatoms. The van der Waals surface area contributed by atoms with Crippen LogP contribution in [0.2, 0.25) is 0 Å². The zero-order valence-corrected chi connectivity index (χ0v) is 17.2. The lowest BCUT2D eigenvalue weighted by Gasteiger charge is -2.11. The Bertz CT molecular complexity index is 499. The van der Waals surface area contributed by atoms with Gasteiger partial charge in [-0.05, 0) is 56.0 Å². The first-order valence-corrected chi connectivity index (χ1v) is 9.11. The minimum absolute atomic E-state index is 0. The smallest absolute Gasteiger partial charge is 0.246 e. The van der Waals surface area contributed by atoms with Crippen molar-refractivity contribution >= 4 is 53.3 Å². The molecule has 0 atom stereocenters. The quantitative estimate of drug-likeness (QED) is 0.226. The first-order chi connectivity index (χ1) is 11.2. The molecule has 0 spiro atoms. The number of anilines is 1. The van der Waals surface area contributed by atoms with Gasteiger partial charge in [0.2, 0.25) is 5.91 Å². The molecule has 0 unspecified atom stereocenters. The normalized spacial score (nSPS) is 10.7. The number of halogens is 2. The predicted octanol–water partition coefficient (Wildman–Crippen LogP) is 3.08. The van der Waals surface area contributed by atoms with Gasteiger partial charge in [0.25, 0.3) is 0 Å². The van der Waals surface area contributed by atoms with Gasteiger partial charge in [0.05, 0.1) is 0 Å². The van der Waals surface area contributed by atoms with Crippen molar-refractivity contribution < 1.29 is 9.18 Å². The van der Waals surface area contributed by atoms with Crippen LogP contribution >= 0.6 is 35.7 Å². The lowest BCUT2D eigenvalue weighted by molar-refractivity contribution is -0.114. The molecule has 0 saturated carbocycles. The number of carbonyl (C=O) groups excluding carboxylic acids is 1. The van der Waals surface area contributed by atoms with Crippen molar-refractivity contribution in [3.63, 3.8) is 0 Å². The monoisotopic (exact) mass is 468 g/mol. The topological polar surface area (TPSA) is 65.5 Å². The maximum Gasteiger partial charge on any atom is 0.246 e. The van der Waals surface area contributed by atoms with Crippen LogP contribution in [-0.4, -0.2) is 43.5 Å². The van der Waals surface area contributed by atoms with Crippen molar-refractivity contribution in [2.24, 2.45) is 4.99 Å². The van der Waals surface area contributed by atoms with E-state index >= 15 is 0 Å². The third kappa shape index (κ3) is 10.7. The van der Waals surface area contributed by atoms with Crippen LogP contribution in [0.15, 0.2) is 29.3 Å². The molecule has 0 fully saturated rings. The summed E-state index contributed by atoms with van der Waals surface area (Å²) in [6.45, 7) is 3.54. The average Bonchev–Trinajstić information content (AvgIpc) is 2.54. The second-order valence-corrected chi connectivity index (χ2v) is 5.86. The van der Waals surface area contributed by atoms with Crippen molar-refractivity contribution in [1.82, 2.24) is 10.6 Å². The maximum atomic E-state index is 12.8. The molecule has 0 radical (unpaired) electrons. The Balaban J connectivity index is 0.00000529. The van der Waals surface area contributed by atoms with Crippen molar-refractivity contribution in [2.45, 2.75) is 19.8 Å². The van der Waals surface area contributed by atoms with E-state index in [1.807, 2.05) is 18.7 Å². The van der Waals surface area contributed by atoms with Gasteiger partial charge in [-0.1, -0.05) is 0 Å². The van der Waals surface area contributed by atoms with Crippen LogP contribution in [0.5, 0.6) is 0 Å². The highest BCUT2D eigenvalue weighted by molar-refractivity contribution is 14.0. The Morgan fingerprint density at radius 3 is 2.54 bits per heavy atom. The van der Waals surface area contributed by atoms with E-state index in [9.17, 15) is 9.18 Å². The van der Waals surface area contributed by atoms with Crippen LogP contribution in [0.3, 0.4) is 0 Å². The van der Waals surface area contributed by atoms with Crippen molar-refractivity contribution in [3.8, 4) is 0 Å². The molecular weight excluding hydrogens is 442 g/mol. The molecule has 1 aromatic carbocycles. The molecule has 0 aromatic heterocycles. The molecule has 24 heavy (non-hydrogen) atoms. The molecular formula is C16H26FIN4OS. The van der Waals surface area contributed by atoms with E-state index in [1.54, 1.807) is 0 Å². The standard InChI is InChI=1S/C16H25FN4OS.HI/c1-3-18-16(19-10-4-5-11-23-2)20-12-15(22)21-14-8-6-13(17)7-9-14;/h6-9H,3-5,10-12H2,1-2H3,(H,21,22)(H2,18,19,20);1H. The highest BCUT2D eigenvalue weighted by Gasteiger charge is 2.03. The SMILES string of the molecule is CCNC(=NCC(=O)Nc1ccc(F)cc1)NCCCCSC.I. The van der Waals surface area contributed by atoms with Gasteiger partial charge in [-0.25, -0.2) is 9.38 Å². The van der Waals surface area contributed by atoms with Crippen LogP contribution in [0.4, 0.5) is 10.1 Å². The fourth-order valence-electron chi connectivity index (χ4n) is 1.80. The summed E-state index contributed by atoms with van der Waals surface area (Å²) in [5.41, 5.74) is 0.557. The van der Waals surface area contributed by atoms with E-state index in [-0.39, 0.29) is 42.2 Å². The van der Waals surface area contributed by atoms with Gasteiger partial charge in [0.1, 0.15) is 12.4 Å². The molecule has 0 aliphatic heterocycles. The van der Waals surface area contributed by atoms with Gasteiger partial charge in [0, 0.05) is 18.8 Å². The summed E-state index contributed by atoms with van der Waals surface area (Å²) in [6.07, 6.45) is 4.31. The highest BCUT2D eigenvalue weighted by Crippen LogP contribution is 2.07. The minimum Gasteiger partial charge on any atom is -0.357 e. The minimum atomic E-state index is -0.332. The fourth-order valence-corrected chi connectivity index (χ4v) is 2.30. The number of aliphatic imine (C=N–C) groups is 1. The molecule has 0 aliphatic rings. The van der Waals surface area contributed by atoms with E-state index in [2.05, 4.69) is 27.2 Å². The predicted molar refractivity (Wildman–Crippen MR) is 112 cm³/mol. The van der Waals surface area contributed by atoms with Gasteiger partial charge in [-0.3, -0.25) is 4.79 Å². The largest absolute Gasteiger partial charge is 0.357 e. The van der Waals surface area contributed by atoms with Gasteiger partial charge in [-0.15, -0.1) is 24.0 Å². The van der Waals surface area contributed by atoms with E-state index < -0.39 is 0 Å². The Morgan fingerprint density at radius 1 is 1.21 bits per heavy atom. The number of thioether (sulfide) groups is 1. The van der Waals surface area contributed by atoms with Gasteiger partial charge >= 0.3 is 0 Å². The Kier molecular flexibility index (Phi) is 13.7. The number of nitrogens with one attached hydrogen (secondary N) is 3. The summed E-state index contributed by atoms with van der Waals surface area (Å²) in [7, 11) is 0. The van der Waals surface area contributed by atoms with Crippen LogP contribution in [0.1, 0.15) is 19.8 Å². The third-order valence-electron chi connectivity index (χ3n) is 2.92. The summed E-state index contributed by atoms with van der Waals surface area (Å²) in [6, 6.07) is 5.65. The number of carbonyl (C=O) groups is 1. The van der Waals surface area contributed by atoms with Crippen LogP contribution < -0.4 is 16.0 Å². The van der Waals surface area contributed by atoms with E-state index in [0.29, 0.717) is 11.6 Å². The summed E-state index contributed by atoms with van der Waals surface area (Å²) in [5.74, 6) is 1.21. The number of benzene rings is 1. The Hall–Kier alpha value is -1.03. The molecule has 0 saturated heterocycles. The zero-order valence-electron chi connectivity index (χ0n) is 14.1. The zero-order chi connectivity index (χ0) is 16.9. The number of nitrogens with zero attached hydrogens (tertiary/aromatic N) is 1.